The van der Waals surface area contributed by atoms with E-state index in [1.807, 2.05) is 12.1 Å². The van der Waals surface area contributed by atoms with Gasteiger partial charge in [0.25, 0.3) is 0 Å². The van der Waals surface area contributed by atoms with Gasteiger partial charge in [-0.15, -0.1) is 0 Å². The Balaban J connectivity index is 3.19. The topological polar surface area (TPSA) is 75.4 Å². The van der Waals surface area contributed by atoms with E-state index in [4.69, 9.17) is 5.73 Å². The van der Waals surface area contributed by atoms with E-state index in [0.29, 0.717) is 17.4 Å². The van der Waals surface area contributed by atoms with Crippen molar-refractivity contribution in [3.8, 4) is 0 Å². The van der Waals surface area contributed by atoms with E-state index >= 15 is 0 Å². The third kappa shape index (κ3) is 4.47. The lowest BCUT2D eigenvalue weighted by Gasteiger charge is -2.28. The molecular weight excluding hydrogens is 274 g/mol. The molecule has 0 saturated heterocycles. The lowest BCUT2D eigenvalue weighted by Crippen LogP contribution is -2.32. The number of nitrogens with one attached hydrogen (secondary N) is 1. The van der Waals surface area contributed by atoms with Crippen molar-refractivity contribution >= 4 is 15.7 Å². The van der Waals surface area contributed by atoms with Crippen molar-refractivity contribution in [2.75, 3.05) is 31.6 Å². The van der Waals surface area contributed by atoms with Gasteiger partial charge in [0, 0.05) is 13.1 Å². The van der Waals surface area contributed by atoms with Crippen LogP contribution in [0.4, 0.5) is 5.69 Å². The summed E-state index contributed by atoms with van der Waals surface area (Å²) in [6.45, 7) is 6.38. The highest BCUT2D eigenvalue weighted by atomic mass is 32.2. The number of hydrogen-bond donors (Lipinski definition) is 2. The summed E-state index contributed by atoms with van der Waals surface area (Å²) in [7, 11) is -2.03. The van der Waals surface area contributed by atoms with Crippen LogP contribution in [0.1, 0.15) is 20.3 Å². The first-order valence-electron chi connectivity index (χ1n) is 6.90. The molecule has 0 fully saturated rings. The normalized spacial score (nSPS) is 11.8. The molecule has 1 rings (SSSR count). The van der Waals surface area contributed by atoms with Gasteiger partial charge in [0.05, 0.1) is 5.69 Å². The van der Waals surface area contributed by atoms with Crippen molar-refractivity contribution in [1.29, 1.82) is 0 Å². The predicted octanol–water partition coefficient (Wildman–Crippen LogP) is 1.41. The van der Waals surface area contributed by atoms with Crippen LogP contribution in [0.3, 0.4) is 0 Å². The summed E-state index contributed by atoms with van der Waals surface area (Å²) in [5, 5.41) is 0. The molecule has 20 heavy (non-hydrogen) atoms. The van der Waals surface area contributed by atoms with Crippen LogP contribution in [0, 0.1) is 5.92 Å². The van der Waals surface area contributed by atoms with Gasteiger partial charge >= 0.3 is 0 Å². The van der Waals surface area contributed by atoms with Crippen LogP contribution < -0.4 is 15.4 Å². The Hall–Kier alpha value is -1.11. The van der Waals surface area contributed by atoms with Gasteiger partial charge in [-0.1, -0.05) is 26.0 Å². The number of sulfonamides is 1. The summed E-state index contributed by atoms with van der Waals surface area (Å²) in [6.07, 6.45) is 0.834. The number of nitrogens with two attached hydrogens (primary N) is 1. The first-order valence-corrected chi connectivity index (χ1v) is 8.38. The van der Waals surface area contributed by atoms with Crippen LogP contribution in [0.2, 0.25) is 0 Å². The fraction of sp³-hybridized carbons (Fsp3) is 0.571. The van der Waals surface area contributed by atoms with Gasteiger partial charge < -0.3 is 10.6 Å². The van der Waals surface area contributed by atoms with Crippen LogP contribution >= 0.6 is 0 Å². The van der Waals surface area contributed by atoms with E-state index in [1.165, 1.54) is 7.05 Å². The summed E-state index contributed by atoms with van der Waals surface area (Å²) in [5.74, 6) is 0.443. The minimum absolute atomic E-state index is 0.320. The molecule has 0 bridgehead atoms. The molecule has 5 nitrogen and oxygen atoms in total. The Bertz CT molecular complexity index is 515. The maximum absolute atomic E-state index is 12.1. The van der Waals surface area contributed by atoms with Gasteiger partial charge in [0.15, 0.2) is 0 Å². The zero-order chi connectivity index (χ0) is 15.2. The van der Waals surface area contributed by atoms with E-state index in [0.717, 1.165) is 25.2 Å². The molecule has 1 aromatic rings. The molecule has 0 unspecified atom stereocenters. The summed E-state index contributed by atoms with van der Waals surface area (Å²) in [6, 6.07) is 7.09. The lowest BCUT2D eigenvalue weighted by molar-refractivity contribution is 0.581. The van der Waals surface area contributed by atoms with Crippen molar-refractivity contribution in [2.24, 2.45) is 11.7 Å². The van der Waals surface area contributed by atoms with Gasteiger partial charge in [0.2, 0.25) is 10.0 Å². The Labute approximate surface area is 122 Å². The highest BCUT2D eigenvalue weighted by molar-refractivity contribution is 7.89. The van der Waals surface area contributed by atoms with Crippen molar-refractivity contribution in [3.05, 3.63) is 24.3 Å². The first-order chi connectivity index (χ1) is 9.42. The highest BCUT2D eigenvalue weighted by Gasteiger charge is 2.20. The SMILES string of the molecule is CNS(=O)(=O)c1ccccc1N(CCCN)CC(C)C. The van der Waals surface area contributed by atoms with Gasteiger partial charge in [-0.3, -0.25) is 0 Å². The third-order valence-corrected chi connectivity index (χ3v) is 4.44. The molecule has 0 aliphatic rings. The Kier molecular flexibility index (Phi) is 6.45. The molecule has 0 heterocycles. The van der Waals surface area contributed by atoms with Gasteiger partial charge in [0.1, 0.15) is 4.90 Å². The molecule has 0 aliphatic carbocycles. The van der Waals surface area contributed by atoms with Gasteiger partial charge in [-0.05, 0) is 38.1 Å². The molecule has 3 N–H and O–H groups in total. The average Bonchev–Trinajstić information content (AvgIpc) is 2.43. The maximum atomic E-state index is 12.1. The molecule has 0 aliphatic heterocycles. The van der Waals surface area contributed by atoms with E-state index in [9.17, 15) is 8.42 Å². The second kappa shape index (κ2) is 7.61. The van der Waals surface area contributed by atoms with Crippen molar-refractivity contribution in [2.45, 2.75) is 25.2 Å². The number of hydrogen-bond acceptors (Lipinski definition) is 4. The smallest absolute Gasteiger partial charge is 0.242 e. The van der Waals surface area contributed by atoms with Gasteiger partial charge in [-0.2, -0.15) is 0 Å². The minimum atomic E-state index is -3.46. The monoisotopic (exact) mass is 299 g/mol. The minimum Gasteiger partial charge on any atom is -0.370 e. The summed E-state index contributed by atoms with van der Waals surface area (Å²) < 4.78 is 26.6. The Morgan fingerprint density at radius 2 is 1.95 bits per heavy atom. The molecule has 0 saturated carbocycles. The fourth-order valence-electron chi connectivity index (χ4n) is 2.09. The largest absolute Gasteiger partial charge is 0.370 e. The van der Waals surface area contributed by atoms with Crippen molar-refractivity contribution < 1.29 is 8.42 Å². The van der Waals surface area contributed by atoms with Crippen LogP contribution in [0.25, 0.3) is 0 Å². The summed E-state index contributed by atoms with van der Waals surface area (Å²) in [4.78, 5) is 2.42. The molecule has 6 heteroatoms. The second-order valence-corrected chi connectivity index (χ2v) is 7.01. The lowest BCUT2D eigenvalue weighted by atomic mass is 10.1. The Morgan fingerprint density at radius 1 is 1.30 bits per heavy atom. The number of benzene rings is 1. The first kappa shape index (κ1) is 16.9. The van der Waals surface area contributed by atoms with Gasteiger partial charge in [-0.25, -0.2) is 13.1 Å². The van der Waals surface area contributed by atoms with Crippen LogP contribution in [0.5, 0.6) is 0 Å². The number of nitrogens with zero attached hydrogens (tertiary/aromatic N) is 1. The molecule has 0 amide bonds. The molecule has 0 radical (unpaired) electrons. The molecule has 0 spiro atoms. The van der Waals surface area contributed by atoms with Crippen LogP contribution in [0.15, 0.2) is 29.2 Å². The zero-order valence-corrected chi connectivity index (χ0v) is 13.3. The van der Waals surface area contributed by atoms with Crippen LogP contribution in [-0.2, 0) is 10.0 Å². The summed E-state index contributed by atoms with van der Waals surface area (Å²) >= 11 is 0. The molecular formula is C14H25N3O2S. The molecule has 114 valence electrons. The molecule has 0 aromatic heterocycles. The second-order valence-electron chi connectivity index (χ2n) is 5.16. The van der Waals surface area contributed by atoms with E-state index in [2.05, 4.69) is 23.5 Å². The van der Waals surface area contributed by atoms with E-state index < -0.39 is 10.0 Å². The third-order valence-electron chi connectivity index (χ3n) is 2.98. The predicted molar refractivity (Wildman–Crippen MR) is 83.4 cm³/mol. The van der Waals surface area contributed by atoms with Crippen molar-refractivity contribution in [1.82, 2.24) is 4.72 Å². The quantitative estimate of drug-likeness (QED) is 0.761. The van der Waals surface area contributed by atoms with Crippen LogP contribution in [-0.4, -0.2) is 35.1 Å². The van der Waals surface area contributed by atoms with E-state index in [1.54, 1.807) is 12.1 Å². The zero-order valence-electron chi connectivity index (χ0n) is 12.5. The fourth-order valence-corrected chi connectivity index (χ4v) is 3.04. The number of rotatable bonds is 8. The molecule has 0 atom stereocenters. The van der Waals surface area contributed by atoms with E-state index in [-0.39, 0.29) is 0 Å². The Morgan fingerprint density at radius 3 is 2.50 bits per heavy atom. The summed E-state index contributed by atoms with van der Waals surface area (Å²) in [5.41, 5.74) is 6.32. The van der Waals surface area contributed by atoms with Crippen molar-refractivity contribution in [3.63, 3.8) is 0 Å². The average molecular weight is 299 g/mol. The molecule has 1 aromatic carbocycles. The maximum Gasteiger partial charge on any atom is 0.242 e. The highest BCUT2D eigenvalue weighted by Crippen LogP contribution is 2.25. The standard InChI is InChI=1S/C14H25N3O2S/c1-12(2)11-17(10-6-9-15)13-7-4-5-8-14(13)20(18,19)16-3/h4-5,7-8,12,16H,6,9-11,15H2,1-3H3. The number of anilines is 1. The number of para-hydroxylation sites is 1.